The summed E-state index contributed by atoms with van der Waals surface area (Å²) >= 11 is 0. The molecule has 0 aromatic heterocycles. The summed E-state index contributed by atoms with van der Waals surface area (Å²) < 4.78 is 11.0. The Balaban J connectivity index is 2.30. The number of rotatable bonds is 3. The van der Waals surface area contributed by atoms with Crippen molar-refractivity contribution >= 4 is 0 Å². The van der Waals surface area contributed by atoms with Crippen molar-refractivity contribution in [3.63, 3.8) is 0 Å². The Hall–Kier alpha value is -0.0800. The topological polar surface area (TPSA) is 18.5 Å². The van der Waals surface area contributed by atoms with E-state index in [1.54, 1.807) is 0 Å². The van der Waals surface area contributed by atoms with Crippen LogP contribution in [0.3, 0.4) is 0 Å². The van der Waals surface area contributed by atoms with E-state index < -0.39 is 0 Å². The lowest BCUT2D eigenvalue weighted by Gasteiger charge is -2.29. The quantitative estimate of drug-likeness (QED) is 0.626. The molecule has 2 heteroatoms. The van der Waals surface area contributed by atoms with E-state index in [0.29, 0.717) is 5.92 Å². The third-order valence-electron chi connectivity index (χ3n) is 2.29. The molecule has 0 amide bonds. The van der Waals surface area contributed by atoms with Crippen LogP contribution in [0.2, 0.25) is 0 Å². The van der Waals surface area contributed by atoms with Gasteiger partial charge in [-0.1, -0.05) is 13.8 Å². The first-order valence-corrected chi connectivity index (χ1v) is 4.61. The molecule has 1 aliphatic heterocycles. The number of ether oxygens (including phenoxy) is 2. The zero-order chi connectivity index (χ0) is 8.10. The minimum absolute atomic E-state index is 0.0822. The van der Waals surface area contributed by atoms with Crippen molar-refractivity contribution in [2.24, 2.45) is 5.92 Å². The maximum atomic E-state index is 5.50. The van der Waals surface area contributed by atoms with Gasteiger partial charge in [-0.2, -0.15) is 0 Å². The van der Waals surface area contributed by atoms with Gasteiger partial charge in [0.2, 0.25) is 0 Å². The van der Waals surface area contributed by atoms with E-state index in [1.165, 1.54) is 0 Å². The van der Waals surface area contributed by atoms with Gasteiger partial charge < -0.3 is 9.47 Å². The molecule has 0 spiro atoms. The molecule has 0 atom stereocenters. The molecule has 0 unspecified atom stereocenters. The van der Waals surface area contributed by atoms with E-state index in [1.807, 2.05) is 0 Å². The SMILES string of the molecule is CCC(CC)C1OCCCO1. The van der Waals surface area contributed by atoms with Gasteiger partial charge in [-0.25, -0.2) is 0 Å². The van der Waals surface area contributed by atoms with Gasteiger partial charge in [-0.15, -0.1) is 0 Å². The highest BCUT2D eigenvalue weighted by Crippen LogP contribution is 2.20. The second kappa shape index (κ2) is 4.73. The van der Waals surface area contributed by atoms with Crippen LogP contribution < -0.4 is 0 Å². The zero-order valence-electron chi connectivity index (χ0n) is 7.51. The van der Waals surface area contributed by atoms with Crippen LogP contribution in [0.15, 0.2) is 0 Å². The Morgan fingerprint density at radius 1 is 1.18 bits per heavy atom. The van der Waals surface area contributed by atoms with E-state index >= 15 is 0 Å². The summed E-state index contributed by atoms with van der Waals surface area (Å²) in [5, 5.41) is 0. The van der Waals surface area contributed by atoms with Gasteiger partial charge in [-0.3, -0.25) is 0 Å². The van der Waals surface area contributed by atoms with Crippen molar-refractivity contribution in [2.45, 2.75) is 39.4 Å². The van der Waals surface area contributed by atoms with Crippen LogP contribution >= 0.6 is 0 Å². The van der Waals surface area contributed by atoms with E-state index in [2.05, 4.69) is 13.8 Å². The van der Waals surface area contributed by atoms with Crippen LogP contribution in [-0.2, 0) is 9.47 Å². The smallest absolute Gasteiger partial charge is 0.160 e. The van der Waals surface area contributed by atoms with Crippen molar-refractivity contribution in [2.75, 3.05) is 13.2 Å². The van der Waals surface area contributed by atoms with Crippen LogP contribution in [-0.4, -0.2) is 19.5 Å². The van der Waals surface area contributed by atoms with Gasteiger partial charge in [0.05, 0.1) is 13.2 Å². The molecule has 0 bridgehead atoms. The van der Waals surface area contributed by atoms with Crippen LogP contribution in [0, 0.1) is 5.92 Å². The lowest BCUT2D eigenvalue weighted by molar-refractivity contribution is -0.205. The first-order chi connectivity index (χ1) is 5.38. The molecule has 2 nitrogen and oxygen atoms in total. The maximum absolute atomic E-state index is 5.50. The normalized spacial score (nSPS) is 21.0. The molecule has 0 aromatic carbocycles. The highest BCUT2D eigenvalue weighted by molar-refractivity contribution is 4.62. The third kappa shape index (κ3) is 2.46. The van der Waals surface area contributed by atoms with Crippen LogP contribution in [0.4, 0.5) is 0 Å². The molecule has 0 aromatic rings. The Labute approximate surface area is 68.9 Å². The lowest BCUT2D eigenvalue weighted by Crippen LogP contribution is -2.31. The van der Waals surface area contributed by atoms with Crippen molar-refractivity contribution < 1.29 is 9.47 Å². The van der Waals surface area contributed by atoms with Crippen LogP contribution in [0.25, 0.3) is 0 Å². The van der Waals surface area contributed by atoms with Crippen LogP contribution in [0.5, 0.6) is 0 Å². The summed E-state index contributed by atoms with van der Waals surface area (Å²) in [6.07, 6.45) is 3.44. The number of hydrogen-bond donors (Lipinski definition) is 0. The van der Waals surface area contributed by atoms with E-state index in [-0.39, 0.29) is 6.29 Å². The van der Waals surface area contributed by atoms with Gasteiger partial charge >= 0.3 is 0 Å². The summed E-state index contributed by atoms with van der Waals surface area (Å²) in [7, 11) is 0. The minimum Gasteiger partial charge on any atom is -0.352 e. The first kappa shape index (κ1) is 9.01. The van der Waals surface area contributed by atoms with Gasteiger partial charge in [-0.05, 0) is 19.3 Å². The standard InChI is InChI=1S/C9H18O2/c1-3-8(4-2)9-10-6-5-7-11-9/h8-9H,3-7H2,1-2H3. The molecule has 0 radical (unpaired) electrons. The van der Waals surface area contributed by atoms with Crippen LogP contribution in [0.1, 0.15) is 33.1 Å². The maximum Gasteiger partial charge on any atom is 0.160 e. The van der Waals surface area contributed by atoms with E-state index in [4.69, 9.17) is 9.47 Å². The summed E-state index contributed by atoms with van der Waals surface area (Å²) in [5.74, 6) is 0.593. The fourth-order valence-electron chi connectivity index (χ4n) is 1.45. The lowest BCUT2D eigenvalue weighted by atomic mass is 10.0. The van der Waals surface area contributed by atoms with Crippen molar-refractivity contribution in [3.8, 4) is 0 Å². The molecule has 1 rings (SSSR count). The summed E-state index contributed by atoms with van der Waals surface area (Å²) in [4.78, 5) is 0. The summed E-state index contributed by atoms with van der Waals surface area (Å²) in [5.41, 5.74) is 0. The number of hydrogen-bond acceptors (Lipinski definition) is 2. The molecular weight excluding hydrogens is 140 g/mol. The fourth-order valence-corrected chi connectivity index (χ4v) is 1.45. The molecule has 1 fully saturated rings. The van der Waals surface area contributed by atoms with Gasteiger partial charge in [0, 0.05) is 5.92 Å². The Morgan fingerprint density at radius 3 is 2.18 bits per heavy atom. The second-order valence-electron chi connectivity index (χ2n) is 3.04. The van der Waals surface area contributed by atoms with E-state index in [9.17, 15) is 0 Å². The van der Waals surface area contributed by atoms with Gasteiger partial charge in [0.1, 0.15) is 0 Å². The fraction of sp³-hybridized carbons (Fsp3) is 1.00. The van der Waals surface area contributed by atoms with Gasteiger partial charge in [0.15, 0.2) is 6.29 Å². The Bertz CT molecular complexity index is 93.7. The van der Waals surface area contributed by atoms with Gasteiger partial charge in [0.25, 0.3) is 0 Å². The van der Waals surface area contributed by atoms with E-state index in [0.717, 1.165) is 32.5 Å². The summed E-state index contributed by atoms with van der Waals surface area (Å²) in [6.45, 7) is 6.13. The Morgan fingerprint density at radius 2 is 1.73 bits per heavy atom. The molecule has 1 saturated heterocycles. The highest BCUT2D eigenvalue weighted by Gasteiger charge is 2.21. The molecular formula is C9H18O2. The predicted molar refractivity (Wildman–Crippen MR) is 44.4 cm³/mol. The molecule has 66 valence electrons. The minimum atomic E-state index is 0.0822. The Kier molecular flexibility index (Phi) is 3.87. The molecule has 0 N–H and O–H groups in total. The third-order valence-corrected chi connectivity index (χ3v) is 2.29. The monoisotopic (exact) mass is 158 g/mol. The molecule has 0 saturated carbocycles. The first-order valence-electron chi connectivity index (χ1n) is 4.61. The second-order valence-corrected chi connectivity index (χ2v) is 3.04. The average Bonchev–Trinajstić information content (AvgIpc) is 2.09. The zero-order valence-corrected chi connectivity index (χ0v) is 7.51. The molecule has 1 heterocycles. The molecule has 1 aliphatic rings. The molecule has 11 heavy (non-hydrogen) atoms. The average molecular weight is 158 g/mol. The largest absolute Gasteiger partial charge is 0.352 e. The van der Waals surface area contributed by atoms with Crippen molar-refractivity contribution in [1.29, 1.82) is 0 Å². The predicted octanol–water partition coefficient (Wildman–Crippen LogP) is 2.19. The molecule has 0 aliphatic carbocycles. The highest BCUT2D eigenvalue weighted by atomic mass is 16.7. The summed E-state index contributed by atoms with van der Waals surface area (Å²) in [6, 6.07) is 0. The van der Waals surface area contributed by atoms with Crippen molar-refractivity contribution in [1.82, 2.24) is 0 Å². The van der Waals surface area contributed by atoms with Crippen molar-refractivity contribution in [3.05, 3.63) is 0 Å².